The van der Waals surface area contributed by atoms with Crippen LogP contribution in [0.15, 0.2) is 53.7 Å². The second kappa shape index (κ2) is 14.0. The first kappa shape index (κ1) is 34.3. The minimum absolute atomic E-state index is 0.0966. The molecule has 52 heavy (non-hydrogen) atoms. The van der Waals surface area contributed by atoms with E-state index in [9.17, 15) is 18.4 Å². The Morgan fingerprint density at radius 3 is 2.69 bits per heavy atom. The maximum absolute atomic E-state index is 14.0. The minimum Gasteiger partial charge on any atom is -0.488 e. The number of hydrogen-bond acceptors (Lipinski definition) is 6. The number of carbonyl (C=O) groups excluding carboxylic acids is 2. The number of imidazole rings is 1. The van der Waals surface area contributed by atoms with Gasteiger partial charge in [0.1, 0.15) is 24.2 Å². The van der Waals surface area contributed by atoms with Crippen molar-refractivity contribution in [3.63, 3.8) is 0 Å². The van der Waals surface area contributed by atoms with E-state index in [-0.39, 0.29) is 30.2 Å². The maximum atomic E-state index is 14.0. The number of methoxy groups -OCH3 is 1. The molecule has 1 aromatic heterocycles. The fourth-order valence-corrected chi connectivity index (χ4v) is 8.71. The van der Waals surface area contributed by atoms with E-state index in [1.54, 1.807) is 4.90 Å². The molecule has 2 fully saturated rings. The topological polar surface area (TPSA) is 109 Å². The van der Waals surface area contributed by atoms with Crippen molar-refractivity contribution >= 4 is 34.2 Å². The van der Waals surface area contributed by atoms with Gasteiger partial charge in [0.05, 0.1) is 30.7 Å². The van der Waals surface area contributed by atoms with Gasteiger partial charge in [-0.2, -0.15) is 0 Å². The molecule has 0 radical (unpaired) electrons. The highest BCUT2D eigenvalue weighted by Crippen LogP contribution is 2.45. The number of alkyl halides is 2. The molecule has 8 rings (SSSR count). The molecule has 0 unspecified atom stereocenters. The summed E-state index contributed by atoms with van der Waals surface area (Å²) in [5.74, 6) is 1.88. The third-order valence-electron chi connectivity index (χ3n) is 11.5. The van der Waals surface area contributed by atoms with Crippen molar-refractivity contribution in [3.8, 4) is 28.1 Å². The fourth-order valence-electron chi connectivity index (χ4n) is 8.71. The zero-order chi connectivity index (χ0) is 36.1. The molecular formula is C41H45F2N5O4. The van der Waals surface area contributed by atoms with Crippen molar-refractivity contribution in [2.75, 3.05) is 13.7 Å². The zero-order valence-corrected chi connectivity index (χ0v) is 29.9. The van der Waals surface area contributed by atoms with Gasteiger partial charge in [-0.25, -0.2) is 18.6 Å². The second-order valence-corrected chi connectivity index (χ2v) is 15.2. The lowest BCUT2D eigenvalue weighted by Gasteiger charge is -2.31. The first-order valence-corrected chi connectivity index (χ1v) is 18.6. The Morgan fingerprint density at radius 1 is 1.10 bits per heavy atom. The summed E-state index contributed by atoms with van der Waals surface area (Å²) < 4.78 is 37.7. The summed E-state index contributed by atoms with van der Waals surface area (Å²) in [5.41, 5.74) is 8.19. The van der Waals surface area contributed by atoms with Crippen LogP contribution in [0.5, 0.6) is 5.75 Å². The summed E-state index contributed by atoms with van der Waals surface area (Å²) in [6, 6.07) is 13.8. The van der Waals surface area contributed by atoms with E-state index in [2.05, 4.69) is 46.7 Å². The molecule has 1 saturated carbocycles. The highest BCUT2D eigenvalue weighted by Gasteiger charge is 2.43. The molecule has 272 valence electrons. The molecule has 4 aliphatic rings. The largest absolute Gasteiger partial charge is 0.488 e. The highest BCUT2D eigenvalue weighted by molar-refractivity contribution is 6.06. The van der Waals surface area contributed by atoms with E-state index in [0.717, 1.165) is 67.3 Å². The lowest BCUT2D eigenvalue weighted by Crippen LogP contribution is -2.53. The van der Waals surface area contributed by atoms with Crippen LogP contribution in [-0.2, 0) is 22.6 Å². The summed E-state index contributed by atoms with van der Waals surface area (Å²) in [6.07, 6.45) is 4.97. The monoisotopic (exact) mass is 709 g/mol. The number of benzene rings is 3. The third kappa shape index (κ3) is 6.43. The average Bonchev–Trinajstić information content (AvgIpc) is 3.97. The van der Waals surface area contributed by atoms with Gasteiger partial charge in [-0.3, -0.25) is 9.79 Å². The molecule has 2 N–H and O–H groups in total. The number of carbonyl (C=O) groups is 2. The molecule has 11 heteroatoms. The number of amides is 2. The number of halogens is 2. The molecule has 4 aromatic rings. The molecular weight excluding hydrogens is 664 g/mol. The van der Waals surface area contributed by atoms with Gasteiger partial charge in [-0.15, -0.1) is 0 Å². The lowest BCUT2D eigenvalue weighted by molar-refractivity contribution is -0.134. The molecule has 3 atom stereocenters. The first-order valence-electron chi connectivity index (χ1n) is 18.6. The van der Waals surface area contributed by atoms with Gasteiger partial charge < -0.3 is 24.7 Å². The summed E-state index contributed by atoms with van der Waals surface area (Å²) in [6.45, 7) is 4.51. The van der Waals surface area contributed by atoms with Gasteiger partial charge in [0.15, 0.2) is 0 Å². The third-order valence-corrected chi connectivity index (χ3v) is 11.5. The van der Waals surface area contributed by atoms with Gasteiger partial charge >= 0.3 is 6.09 Å². The number of fused-ring (bicyclic) bond motifs is 6. The van der Waals surface area contributed by atoms with Crippen LogP contribution in [0.4, 0.5) is 19.3 Å². The lowest BCUT2D eigenvalue weighted by atomic mass is 9.90. The van der Waals surface area contributed by atoms with Crippen molar-refractivity contribution in [3.05, 3.63) is 65.6 Å². The van der Waals surface area contributed by atoms with E-state index in [4.69, 9.17) is 19.5 Å². The predicted molar refractivity (Wildman–Crippen MR) is 196 cm³/mol. The number of hydrogen-bond donors (Lipinski definition) is 2. The predicted octanol–water partition coefficient (Wildman–Crippen LogP) is 8.72. The van der Waals surface area contributed by atoms with Crippen LogP contribution in [-0.4, -0.2) is 64.7 Å². The van der Waals surface area contributed by atoms with Crippen LogP contribution >= 0.6 is 0 Å². The molecule has 0 spiro atoms. The van der Waals surface area contributed by atoms with Gasteiger partial charge in [0.2, 0.25) is 12.3 Å². The van der Waals surface area contributed by atoms with Crippen molar-refractivity contribution in [2.24, 2.45) is 16.8 Å². The summed E-state index contributed by atoms with van der Waals surface area (Å²) in [5, 5.41) is 4.80. The van der Waals surface area contributed by atoms with E-state index >= 15 is 0 Å². The first-order chi connectivity index (χ1) is 25.2. The quantitative estimate of drug-likeness (QED) is 0.181. The standard InChI is InChI=1S/C41H45F2N5O4/c1-22(2)38(47-41(50)51-3)40(49)48-20-23(8-13-37(42)43)14-35(48)33-17-30-29-18-36-31(16-25(29)10-12-32(30)45-33)28-11-9-26(15-27(28)21-52-36)34-19-44-39(46-34)24-6-4-5-7-24/h9-12,15-16,18-19,22-24,35,37-38H,4-8,13-14,17,20-21H2,1-3H3,(H,44,46)(H,47,50)/t23-,35-,38-/m0/s1. The minimum atomic E-state index is -2.40. The SMILES string of the molecule is COC(=O)N[C@H](C(=O)N1C[C@@H](CCC(F)F)C[C@H]1C1=Nc2ccc3cc4c(cc3c2C1)OCc1cc(-c2cnc(C3CCCC3)[nH]2)ccc1-4)C(C)C. The number of rotatable bonds is 9. The maximum Gasteiger partial charge on any atom is 0.407 e. The number of aromatic nitrogens is 2. The van der Waals surface area contributed by atoms with E-state index in [0.29, 0.717) is 38.3 Å². The summed E-state index contributed by atoms with van der Waals surface area (Å²) >= 11 is 0. The van der Waals surface area contributed by atoms with Crippen molar-refractivity contribution in [1.29, 1.82) is 0 Å². The number of nitrogens with zero attached hydrogens (tertiary/aromatic N) is 3. The van der Waals surface area contributed by atoms with Crippen molar-refractivity contribution in [1.82, 2.24) is 20.2 Å². The van der Waals surface area contributed by atoms with Gasteiger partial charge in [-0.05, 0) is 94.8 Å². The molecule has 2 amide bonds. The molecule has 3 aromatic carbocycles. The number of aromatic amines is 1. The molecule has 1 saturated heterocycles. The Balaban J connectivity index is 1.06. The number of H-pyrrole nitrogens is 1. The Labute approximate surface area is 302 Å². The second-order valence-electron chi connectivity index (χ2n) is 15.2. The van der Waals surface area contributed by atoms with Crippen LogP contribution in [0.25, 0.3) is 33.2 Å². The van der Waals surface area contributed by atoms with Crippen LogP contribution in [0.2, 0.25) is 0 Å². The number of aliphatic imine (C=N–C) groups is 1. The average molecular weight is 710 g/mol. The zero-order valence-electron chi connectivity index (χ0n) is 29.9. The van der Waals surface area contributed by atoms with E-state index in [1.807, 2.05) is 26.1 Å². The number of nitrogens with one attached hydrogen (secondary N) is 2. The van der Waals surface area contributed by atoms with Gasteiger partial charge in [0, 0.05) is 36.6 Å². The van der Waals surface area contributed by atoms with Crippen LogP contribution in [0.3, 0.4) is 0 Å². The highest BCUT2D eigenvalue weighted by atomic mass is 19.3. The Morgan fingerprint density at radius 2 is 1.92 bits per heavy atom. The smallest absolute Gasteiger partial charge is 0.407 e. The molecule has 1 aliphatic carbocycles. The molecule has 0 bridgehead atoms. The number of likely N-dealkylation sites (tertiary alicyclic amines) is 1. The van der Waals surface area contributed by atoms with E-state index < -0.39 is 18.6 Å². The molecule has 3 aliphatic heterocycles. The Hall–Kier alpha value is -4.80. The van der Waals surface area contributed by atoms with E-state index in [1.165, 1.54) is 32.8 Å². The molecule has 4 heterocycles. The van der Waals surface area contributed by atoms with Crippen LogP contribution in [0.1, 0.15) is 81.7 Å². The van der Waals surface area contributed by atoms with Gasteiger partial charge in [-0.1, -0.05) is 44.9 Å². The number of alkyl carbamates (subject to hydrolysis) is 1. The Bertz CT molecular complexity index is 2050. The normalized spacial score (nSPS) is 20.1. The summed E-state index contributed by atoms with van der Waals surface area (Å²) in [7, 11) is 1.26. The molecule has 9 nitrogen and oxygen atoms in total. The van der Waals surface area contributed by atoms with Crippen LogP contribution < -0.4 is 10.1 Å². The van der Waals surface area contributed by atoms with Gasteiger partial charge in [0.25, 0.3) is 0 Å². The Kier molecular flexibility index (Phi) is 9.21. The number of ether oxygens (including phenoxy) is 2. The van der Waals surface area contributed by atoms with Crippen molar-refractivity contribution < 1.29 is 27.8 Å². The fraction of sp³-hybridized carbons (Fsp3) is 0.463. The van der Waals surface area contributed by atoms with Crippen molar-refractivity contribution in [2.45, 2.75) is 96.2 Å². The van der Waals surface area contributed by atoms with Crippen LogP contribution in [0, 0.1) is 11.8 Å². The summed E-state index contributed by atoms with van der Waals surface area (Å²) in [4.78, 5) is 41.3.